The minimum absolute atomic E-state index is 0.218. The van der Waals surface area contributed by atoms with Gasteiger partial charge >= 0.3 is 0 Å². The lowest BCUT2D eigenvalue weighted by Gasteiger charge is -2.20. The molecule has 1 atom stereocenters. The lowest BCUT2D eigenvalue weighted by atomic mass is 10.2. The molecular formula is C12H20ClN3O2S2. The summed E-state index contributed by atoms with van der Waals surface area (Å²) in [7, 11) is -3.50. The lowest BCUT2D eigenvalue weighted by molar-refractivity contribution is 0.288. The van der Waals surface area contributed by atoms with Gasteiger partial charge in [0.2, 0.25) is 0 Å². The van der Waals surface area contributed by atoms with Crippen LogP contribution in [0.2, 0.25) is 4.47 Å². The second-order valence-electron chi connectivity index (χ2n) is 5.30. The van der Waals surface area contributed by atoms with Crippen molar-refractivity contribution in [1.29, 1.82) is 0 Å². The van der Waals surface area contributed by atoms with Crippen molar-refractivity contribution in [2.24, 2.45) is 5.92 Å². The van der Waals surface area contributed by atoms with Crippen LogP contribution in [-0.4, -0.2) is 44.5 Å². The molecule has 0 bridgehead atoms. The summed E-state index contributed by atoms with van der Waals surface area (Å²) in [5.74, 6) is 0.284. The Hall–Kier alpha value is -0.210. The number of rotatable bonds is 6. The average molecular weight is 338 g/mol. The van der Waals surface area contributed by atoms with Gasteiger partial charge in [-0.3, -0.25) is 0 Å². The van der Waals surface area contributed by atoms with E-state index in [0.29, 0.717) is 12.2 Å². The number of thiazole rings is 1. The molecule has 114 valence electrons. The Morgan fingerprint density at radius 3 is 2.65 bits per heavy atom. The summed E-state index contributed by atoms with van der Waals surface area (Å²) in [6.07, 6.45) is 2.49. The summed E-state index contributed by atoms with van der Waals surface area (Å²) in [6.45, 7) is 7.35. The van der Waals surface area contributed by atoms with Gasteiger partial charge in [-0.2, -0.15) is 0 Å². The maximum atomic E-state index is 12.2. The smallest absolute Gasteiger partial charge is 0.251 e. The maximum absolute atomic E-state index is 12.2. The van der Waals surface area contributed by atoms with Crippen LogP contribution in [0, 0.1) is 12.8 Å². The first kappa shape index (κ1) is 16.2. The van der Waals surface area contributed by atoms with E-state index >= 15 is 0 Å². The Morgan fingerprint density at radius 2 is 2.10 bits per heavy atom. The number of hydrogen-bond acceptors (Lipinski definition) is 5. The molecule has 1 aliphatic heterocycles. The topological polar surface area (TPSA) is 62.3 Å². The molecule has 0 radical (unpaired) electrons. The SMILES string of the molecule is Cc1nc(Cl)sc1S(=O)(=O)NCC(C)CN1CCCC1. The molecule has 0 aliphatic carbocycles. The van der Waals surface area contributed by atoms with E-state index in [4.69, 9.17) is 11.6 Å². The second kappa shape index (κ2) is 6.70. The van der Waals surface area contributed by atoms with E-state index in [0.717, 1.165) is 31.0 Å². The third kappa shape index (κ3) is 4.14. The van der Waals surface area contributed by atoms with Crippen molar-refractivity contribution in [3.8, 4) is 0 Å². The van der Waals surface area contributed by atoms with Crippen molar-refractivity contribution in [3.05, 3.63) is 10.2 Å². The number of halogens is 1. The monoisotopic (exact) mass is 337 g/mol. The highest BCUT2D eigenvalue weighted by atomic mass is 35.5. The van der Waals surface area contributed by atoms with Gasteiger partial charge in [-0.05, 0) is 38.8 Å². The van der Waals surface area contributed by atoms with E-state index in [-0.39, 0.29) is 14.6 Å². The molecule has 0 spiro atoms. The van der Waals surface area contributed by atoms with E-state index in [2.05, 4.69) is 21.5 Å². The molecule has 1 aromatic rings. The van der Waals surface area contributed by atoms with Crippen molar-refractivity contribution >= 4 is 33.0 Å². The number of aryl methyl sites for hydroxylation is 1. The molecule has 2 rings (SSSR count). The molecule has 0 aromatic carbocycles. The van der Waals surface area contributed by atoms with Gasteiger partial charge in [0.25, 0.3) is 10.0 Å². The molecule has 1 N–H and O–H groups in total. The molecule has 2 heterocycles. The maximum Gasteiger partial charge on any atom is 0.251 e. The van der Waals surface area contributed by atoms with E-state index in [1.54, 1.807) is 6.92 Å². The number of aromatic nitrogens is 1. The zero-order valence-electron chi connectivity index (χ0n) is 11.7. The first-order valence-electron chi connectivity index (χ1n) is 6.73. The highest BCUT2D eigenvalue weighted by molar-refractivity contribution is 7.91. The van der Waals surface area contributed by atoms with Gasteiger partial charge in [0.1, 0.15) is 0 Å². The van der Waals surface area contributed by atoms with Crippen LogP contribution >= 0.6 is 22.9 Å². The van der Waals surface area contributed by atoms with Gasteiger partial charge in [0, 0.05) is 13.1 Å². The zero-order valence-corrected chi connectivity index (χ0v) is 14.1. The molecule has 0 saturated carbocycles. The Morgan fingerprint density at radius 1 is 1.45 bits per heavy atom. The second-order valence-corrected chi connectivity index (χ2v) is 8.85. The number of likely N-dealkylation sites (tertiary alicyclic amines) is 1. The van der Waals surface area contributed by atoms with Crippen LogP contribution in [0.3, 0.4) is 0 Å². The summed E-state index contributed by atoms with van der Waals surface area (Å²) < 4.78 is 27.5. The summed E-state index contributed by atoms with van der Waals surface area (Å²) in [5, 5.41) is 0. The quantitative estimate of drug-likeness (QED) is 0.863. The van der Waals surface area contributed by atoms with Crippen molar-refractivity contribution in [3.63, 3.8) is 0 Å². The first-order chi connectivity index (χ1) is 9.38. The van der Waals surface area contributed by atoms with Crippen LogP contribution in [0.4, 0.5) is 0 Å². The number of hydrogen-bond donors (Lipinski definition) is 1. The molecule has 1 aliphatic rings. The summed E-state index contributed by atoms with van der Waals surface area (Å²) >= 11 is 6.76. The Bertz CT molecular complexity index is 553. The predicted molar refractivity (Wildman–Crippen MR) is 81.9 cm³/mol. The van der Waals surface area contributed by atoms with Crippen molar-refractivity contribution in [1.82, 2.24) is 14.6 Å². The Kier molecular flexibility index (Phi) is 5.42. The summed E-state index contributed by atoms with van der Waals surface area (Å²) in [5.41, 5.74) is 0.458. The zero-order chi connectivity index (χ0) is 14.8. The summed E-state index contributed by atoms with van der Waals surface area (Å²) in [4.78, 5) is 6.33. The van der Waals surface area contributed by atoms with Gasteiger partial charge in [-0.15, -0.1) is 0 Å². The fraction of sp³-hybridized carbons (Fsp3) is 0.750. The molecule has 1 aromatic heterocycles. The van der Waals surface area contributed by atoms with Crippen LogP contribution in [0.5, 0.6) is 0 Å². The van der Waals surface area contributed by atoms with E-state index in [9.17, 15) is 8.42 Å². The predicted octanol–water partition coefficient (Wildman–Crippen LogP) is 2.12. The van der Waals surface area contributed by atoms with Crippen molar-refractivity contribution < 1.29 is 8.42 Å². The Labute approximate surface area is 129 Å². The summed E-state index contributed by atoms with van der Waals surface area (Å²) in [6, 6.07) is 0. The Balaban J connectivity index is 1.90. The van der Waals surface area contributed by atoms with Crippen molar-refractivity contribution in [2.45, 2.75) is 30.9 Å². The van der Waals surface area contributed by atoms with Crippen LogP contribution in [0.25, 0.3) is 0 Å². The molecule has 0 amide bonds. The van der Waals surface area contributed by atoms with Crippen molar-refractivity contribution in [2.75, 3.05) is 26.2 Å². The highest BCUT2D eigenvalue weighted by Crippen LogP contribution is 2.26. The lowest BCUT2D eigenvalue weighted by Crippen LogP contribution is -2.34. The van der Waals surface area contributed by atoms with Gasteiger partial charge in [0.15, 0.2) is 8.68 Å². The molecule has 1 fully saturated rings. The fourth-order valence-corrected chi connectivity index (χ4v) is 5.33. The van der Waals surface area contributed by atoms with Crippen LogP contribution in [0.1, 0.15) is 25.5 Å². The molecule has 20 heavy (non-hydrogen) atoms. The normalized spacial score (nSPS) is 18.6. The van der Waals surface area contributed by atoms with E-state index in [1.807, 2.05) is 0 Å². The minimum atomic E-state index is -3.50. The average Bonchev–Trinajstić information content (AvgIpc) is 2.97. The third-order valence-corrected chi connectivity index (χ3v) is 6.66. The molecule has 1 saturated heterocycles. The molecule has 1 unspecified atom stereocenters. The fourth-order valence-electron chi connectivity index (χ4n) is 2.39. The molecular weight excluding hydrogens is 318 g/mol. The highest BCUT2D eigenvalue weighted by Gasteiger charge is 2.22. The van der Waals surface area contributed by atoms with Gasteiger partial charge in [0.05, 0.1) is 5.69 Å². The van der Waals surface area contributed by atoms with Gasteiger partial charge in [-0.1, -0.05) is 29.9 Å². The van der Waals surface area contributed by atoms with Crippen LogP contribution in [0.15, 0.2) is 4.21 Å². The largest absolute Gasteiger partial charge is 0.303 e. The van der Waals surface area contributed by atoms with E-state index in [1.165, 1.54) is 12.8 Å². The number of sulfonamides is 1. The first-order valence-corrected chi connectivity index (χ1v) is 9.41. The molecule has 5 nitrogen and oxygen atoms in total. The molecule has 8 heteroatoms. The number of nitrogens with zero attached hydrogens (tertiary/aromatic N) is 2. The van der Waals surface area contributed by atoms with Gasteiger partial charge < -0.3 is 4.90 Å². The minimum Gasteiger partial charge on any atom is -0.303 e. The van der Waals surface area contributed by atoms with Gasteiger partial charge in [-0.25, -0.2) is 18.1 Å². The van der Waals surface area contributed by atoms with E-state index < -0.39 is 10.0 Å². The standard InChI is InChI=1S/C12H20ClN3O2S2/c1-9(8-16-5-3-4-6-16)7-14-20(17,18)11-10(2)15-12(13)19-11/h9,14H,3-8H2,1-2H3. The van der Waals surface area contributed by atoms with Crippen LogP contribution in [-0.2, 0) is 10.0 Å². The van der Waals surface area contributed by atoms with Crippen LogP contribution < -0.4 is 4.72 Å². The third-order valence-electron chi connectivity index (χ3n) is 3.36. The number of nitrogens with one attached hydrogen (secondary N) is 1.